The first-order valence-electron chi connectivity index (χ1n) is 8.09. The fourth-order valence-electron chi connectivity index (χ4n) is 6.37. The molecule has 0 saturated heterocycles. The minimum absolute atomic E-state index is 0.400. The van der Waals surface area contributed by atoms with Gasteiger partial charge in [0, 0.05) is 6.04 Å². The quantitative estimate of drug-likeness (QED) is 0.750. The molecular formula is C17H27N. The fraction of sp³-hybridized carbons (Fsp3) is 0.882. The van der Waals surface area contributed by atoms with Crippen LogP contribution in [0.25, 0.3) is 0 Å². The summed E-state index contributed by atoms with van der Waals surface area (Å²) in [7, 11) is 0. The summed E-state index contributed by atoms with van der Waals surface area (Å²) in [5.41, 5.74) is 7.07. The van der Waals surface area contributed by atoms with E-state index in [9.17, 15) is 0 Å². The van der Waals surface area contributed by atoms with Crippen LogP contribution in [-0.4, -0.2) is 6.04 Å². The summed E-state index contributed by atoms with van der Waals surface area (Å²) >= 11 is 0. The van der Waals surface area contributed by atoms with Crippen molar-refractivity contribution in [1.29, 1.82) is 0 Å². The van der Waals surface area contributed by atoms with Gasteiger partial charge < -0.3 is 5.73 Å². The summed E-state index contributed by atoms with van der Waals surface area (Å²) in [4.78, 5) is 0. The van der Waals surface area contributed by atoms with Crippen LogP contribution >= 0.6 is 0 Å². The van der Waals surface area contributed by atoms with Crippen LogP contribution in [0.15, 0.2) is 12.7 Å². The second-order valence-corrected chi connectivity index (χ2v) is 7.82. The second-order valence-electron chi connectivity index (χ2n) is 7.82. The zero-order valence-corrected chi connectivity index (χ0v) is 11.5. The summed E-state index contributed by atoms with van der Waals surface area (Å²) in [6.07, 6.45) is 13.6. The molecule has 0 amide bonds. The van der Waals surface area contributed by atoms with E-state index in [0.717, 1.165) is 36.0 Å². The van der Waals surface area contributed by atoms with E-state index in [4.69, 9.17) is 5.73 Å². The van der Waals surface area contributed by atoms with E-state index < -0.39 is 0 Å². The molecule has 0 aromatic rings. The van der Waals surface area contributed by atoms with Crippen molar-refractivity contribution in [2.75, 3.05) is 0 Å². The molecule has 1 nitrogen and oxygen atoms in total. The molecule has 0 aromatic heterocycles. The van der Waals surface area contributed by atoms with Gasteiger partial charge in [0.2, 0.25) is 0 Å². The first-order chi connectivity index (χ1) is 8.73. The third kappa shape index (κ3) is 1.49. The summed E-state index contributed by atoms with van der Waals surface area (Å²) in [6, 6.07) is 0.400. The molecule has 1 heteroatoms. The van der Waals surface area contributed by atoms with Crippen LogP contribution in [0.1, 0.15) is 51.4 Å². The van der Waals surface area contributed by atoms with Crippen LogP contribution in [0.4, 0.5) is 0 Å². The van der Waals surface area contributed by atoms with Gasteiger partial charge in [-0.15, -0.1) is 6.58 Å². The number of hydrogen-bond acceptors (Lipinski definition) is 1. The molecule has 0 radical (unpaired) electrons. The minimum atomic E-state index is 0.400. The molecule has 0 heterocycles. The van der Waals surface area contributed by atoms with Gasteiger partial charge >= 0.3 is 0 Å². The Kier molecular flexibility index (Phi) is 2.46. The number of hydrogen-bond donors (Lipinski definition) is 1. The van der Waals surface area contributed by atoms with E-state index in [0.29, 0.717) is 11.5 Å². The van der Waals surface area contributed by atoms with Gasteiger partial charge in [0.1, 0.15) is 0 Å². The average Bonchev–Trinajstić information content (AvgIpc) is 3.09. The van der Waals surface area contributed by atoms with Crippen LogP contribution in [-0.2, 0) is 0 Å². The highest BCUT2D eigenvalue weighted by molar-refractivity contribution is 5.13. The Labute approximate surface area is 111 Å². The summed E-state index contributed by atoms with van der Waals surface area (Å²) in [5, 5.41) is 0. The van der Waals surface area contributed by atoms with Crippen LogP contribution in [0, 0.1) is 35.0 Å². The van der Waals surface area contributed by atoms with E-state index in [1.165, 1.54) is 12.8 Å². The van der Waals surface area contributed by atoms with E-state index in [1.54, 1.807) is 32.1 Å². The predicted molar refractivity (Wildman–Crippen MR) is 75.0 cm³/mol. The molecule has 1 atom stereocenters. The van der Waals surface area contributed by atoms with Crippen molar-refractivity contribution in [2.24, 2.45) is 40.7 Å². The number of nitrogens with two attached hydrogens (primary N) is 1. The van der Waals surface area contributed by atoms with Gasteiger partial charge in [-0.3, -0.25) is 0 Å². The van der Waals surface area contributed by atoms with E-state index in [2.05, 4.69) is 6.58 Å². The Morgan fingerprint density at radius 3 is 2.06 bits per heavy atom. The van der Waals surface area contributed by atoms with Crippen LogP contribution in [0.5, 0.6) is 0 Å². The fourth-order valence-corrected chi connectivity index (χ4v) is 6.37. The summed E-state index contributed by atoms with van der Waals surface area (Å²) in [5.74, 6) is 5.25. The van der Waals surface area contributed by atoms with Crippen LogP contribution in [0.2, 0.25) is 0 Å². The maximum atomic E-state index is 6.53. The minimum Gasteiger partial charge on any atom is -0.327 e. The van der Waals surface area contributed by atoms with Gasteiger partial charge in [-0.25, -0.2) is 0 Å². The van der Waals surface area contributed by atoms with E-state index in [-0.39, 0.29) is 0 Å². The monoisotopic (exact) mass is 245 g/mol. The van der Waals surface area contributed by atoms with Crippen LogP contribution < -0.4 is 5.73 Å². The molecular weight excluding hydrogens is 218 g/mol. The average molecular weight is 245 g/mol. The van der Waals surface area contributed by atoms with Crippen LogP contribution in [0.3, 0.4) is 0 Å². The van der Waals surface area contributed by atoms with Gasteiger partial charge in [-0.2, -0.15) is 0 Å². The third-order valence-corrected chi connectivity index (χ3v) is 6.88. The SMILES string of the molecule is C=CCC(N)C1(C2C3CC4CC(C3)CC2C4)CC1. The van der Waals surface area contributed by atoms with Gasteiger partial charge in [0.15, 0.2) is 0 Å². The molecule has 5 aliphatic carbocycles. The molecule has 0 aromatic carbocycles. The Morgan fingerprint density at radius 1 is 1.06 bits per heavy atom. The highest BCUT2D eigenvalue weighted by Crippen LogP contribution is 2.68. The highest BCUT2D eigenvalue weighted by atomic mass is 14.8. The zero-order chi connectivity index (χ0) is 12.3. The molecule has 5 rings (SSSR count). The molecule has 5 aliphatic rings. The highest BCUT2D eigenvalue weighted by Gasteiger charge is 2.61. The topological polar surface area (TPSA) is 26.0 Å². The molecule has 0 spiro atoms. The maximum Gasteiger partial charge on any atom is 0.0133 e. The Bertz CT molecular complexity index is 327. The molecule has 1 unspecified atom stereocenters. The molecule has 18 heavy (non-hydrogen) atoms. The summed E-state index contributed by atoms with van der Waals surface area (Å²) in [6.45, 7) is 3.90. The lowest BCUT2D eigenvalue weighted by Gasteiger charge is -2.57. The van der Waals surface area contributed by atoms with E-state index in [1.807, 2.05) is 6.08 Å². The first-order valence-corrected chi connectivity index (χ1v) is 8.09. The Morgan fingerprint density at radius 2 is 1.61 bits per heavy atom. The van der Waals surface area contributed by atoms with Crippen molar-refractivity contribution in [3.63, 3.8) is 0 Å². The Hall–Kier alpha value is -0.300. The molecule has 4 bridgehead atoms. The van der Waals surface area contributed by atoms with Gasteiger partial charge in [-0.1, -0.05) is 6.08 Å². The van der Waals surface area contributed by atoms with Gasteiger partial charge in [0.05, 0.1) is 0 Å². The lowest BCUT2D eigenvalue weighted by Crippen LogP contribution is -2.52. The largest absolute Gasteiger partial charge is 0.327 e. The van der Waals surface area contributed by atoms with Crippen molar-refractivity contribution in [2.45, 2.75) is 57.4 Å². The van der Waals surface area contributed by atoms with Gasteiger partial charge in [-0.05, 0) is 86.4 Å². The lowest BCUT2D eigenvalue weighted by molar-refractivity contribution is -0.0738. The smallest absolute Gasteiger partial charge is 0.0133 e. The van der Waals surface area contributed by atoms with Crippen molar-refractivity contribution in [1.82, 2.24) is 0 Å². The van der Waals surface area contributed by atoms with E-state index >= 15 is 0 Å². The van der Waals surface area contributed by atoms with Crippen molar-refractivity contribution in [3.8, 4) is 0 Å². The third-order valence-electron chi connectivity index (χ3n) is 6.88. The molecule has 5 fully saturated rings. The zero-order valence-electron chi connectivity index (χ0n) is 11.5. The second kappa shape index (κ2) is 3.85. The lowest BCUT2D eigenvalue weighted by atomic mass is 9.48. The van der Waals surface area contributed by atoms with Crippen molar-refractivity contribution in [3.05, 3.63) is 12.7 Å². The number of rotatable bonds is 4. The molecule has 100 valence electrons. The summed E-state index contributed by atoms with van der Waals surface area (Å²) < 4.78 is 0. The first kappa shape index (κ1) is 11.5. The maximum absolute atomic E-state index is 6.53. The standard InChI is InChI=1S/C17H27N/c1-2-3-15(18)17(4-5-17)16-13-7-11-6-12(9-13)10-14(16)8-11/h2,11-16H,1,3-10,18H2. The Balaban J connectivity index is 1.59. The predicted octanol–water partition coefficient (Wildman–Crippen LogP) is 3.74. The van der Waals surface area contributed by atoms with Gasteiger partial charge in [0.25, 0.3) is 0 Å². The molecule has 2 N–H and O–H groups in total. The normalized spacial score (nSPS) is 49.1. The van der Waals surface area contributed by atoms with Crippen molar-refractivity contribution < 1.29 is 0 Å². The molecule has 0 aliphatic heterocycles. The van der Waals surface area contributed by atoms with Crippen molar-refractivity contribution >= 4 is 0 Å². The molecule has 5 saturated carbocycles.